The number of aliphatic hydroxyl groups is 1. The molecule has 1 N–H and O–H groups in total. The van der Waals surface area contributed by atoms with Crippen molar-refractivity contribution in [1.29, 1.82) is 5.26 Å². The van der Waals surface area contributed by atoms with Gasteiger partial charge in [0.25, 0.3) is 5.91 Å². The lowest BCUT2D eigenvalue weighted by Crippen LogP contribution is -2.30. The molecule has 0 bridgehead atoms. The highest BCUT2D eigenvalue weighted by atomic mass is 16.5. The maximum absolute atomic E-state index is 13.3. The Kier molecular flexibility index (Phi) is 7.15. The van der Waals surface area contributed by atoms with E-state index < -0.39 is 11.5 Å². The van der Waals surface area contributed by atoms with E-state index in [9.17, 15) is 15.2 Å². The van der Waals surface area contributed by atoms with Crippen molar-refractivity contribution in [3.63, 3.8) is 0 Å². The molecule has 0 saturated carbocycles. The van der Waals surface area contributed by atoms with E-state index in [1.54, 1.807) is 26.0 Å². The zero-order valence-corrected chi connectivity index (χ0v) is 20.4. The Morgan fingerprint density at radius 1 is 1.30 bits per heavy atom. The summed E-state index contributed by atoms with van der Waals surface area (Å²) < 4.78 is 15.5. The number of aromatic nitrogens is 2. The standard InChI is InChI=1S/C25H34N4O4/c1-24(2,3)21-13-22(29(28(21)6)15-18-8-7-11-32-18)27-23(30)19-12-17(14-26)9-10-20(19)33-16-25(4,5)31/h9-10,12-13,18,31H,7-8,11,15-16H2,1-6H3/t18-/m1/s1. The van der Waals surface area contributed by atoms with Crippen molar-refractivity contribution in [2.45, 2.75) is 71.1 Å². The van der Waals surface area contributed by atoms with Crippen LogP contribution in [0.5, 0.6) is 5.75 Å². The second-order valence-electron chi connectivity index (χ2n) is 10.2. The van der Waals surface area contributed by atoms with Gasteiger partial charge in [0.2, 0.25) is 0 Å². The molecule has 1 fully saturated rings. The van der Waals surface area contributed by atoms with Crippen LogP contribution in [0.1, 0.15) is 69.1 Å². The van der Waals surface area contributed by atoms with Crippen LogP contribution in [0.3, 0.4) is 0 Å². The van der Waals surface area contributed by atoms with Crippen molar-refractivity contribution in [1.82, 2.24) is 9.36 Å². The van der Waals surface area contributed by atoms with Crippen molar-refractivity contribution in [3.8, 4) is 11.8 Å². The highest BCUT2D eigenvalue weighted by molar-refractivity contribution is 5.98. The number of rotatable bonds is 6. The Bertz CT molecular complexity index is 1120. The van der Waals surface area contributed by atoms with Crippen molar-refractivity contribution in [3.05, 3.63) is 46.6 Å². The van der Waals surface area contributed by atoms with E-state index in [0.717, 1.165) is 25.1 Å². The van der Waals surface area contributed by atoms with Gasteiger partial charge in [0, 0.05) is 30.8 Å². The van der Waals surface area contributed by atoms with E-state index in [1.807, 2.05) is 22.5 Å². The van der Waals surface area contributed by atoms with Gasteiger partial charge >= 0.3 is 0 Å². The molecular formula is C25H34N4O4. The molecule has 0 unspecified atom stereocenters. The minimum absolute atomic E-state index is 0.00227. The van der Waals surface area contributed by atoms with Crippen LogP contribution in [-0.4, -0.2) is 45.3 Å². The average Bonchev–Trinajstić information content (AvgIpc) is 3.35. The van der Waals surface area contributed by atoms with Gasteiger partial charge in [0.05, 0.1) is 35.4 Å². The molecular weight excluding hydrogens is 420 g/mol. The second-order valence-corrected chi connectivity index (χ2v) is 10.2. The number of benzene rings is 1. The molecule has 178 valence electrons. The molecule has 8 heteroatoms. The van der Waals surface area contributed by atoms with E-state index in [0.29, 0.717) is 17.6 Å². The summed E-state index contributed by atoms with van der Waals surface area (Å²) in [5.74, 6) is -0.229. The molecule has 0 aliphatic carbocycles. The molecule has 2 aromatic rings. The SMILES string of the molecule is Cn1c(C(C)(C)C)cc(=NC(=O)c2cc(C#N)ccc2OCC(C)(C)O)n1C[C@H]1CCCO1. The molecule has 1 saturated heterocycles. The maximum atomic E-state index is 13.3. The highest BCUT2D eigenvalue weighted by Crippen LogP contribution is 2.24. The fraction of sp³-hybridized carbons (Fsp3) is 0.560. The van der Waals surface area contributed by atoms with Gasteiger partial charge < -0.3 is 14.6 Å². The maximum Gasteiger partial charge on any atom is 0.282 e. The van der Waals surface area contributed by atoms with Gasteiger partial charge in [-0.05, 0) is 44.9 Å². The topological polar surface area (TPSA) is 102 Å². The van der Waals surface area contributed by atoms with Gasteiger partial charge in [-0.25, -0.2) is 0 Å². The van der Waals surface area contributed by atoms with Crippen LogP contribution >= 0.6 is 0 Å². The Hall–Kier alpha value is -2.89. The van der Waals surface area contributed by atoms with Gasteiger partial charge in [-0.1, -0.05) is 20.8 Å². The molecule has 3 rings (SSSR count). The molecule has 1 aliphatic heterocycles. The molecule has 1 atom stereocenters. The summed E-state index contributed by atoms with van der Waals surface area (Å²) in [6, 6.07) is 8.60. The molecule has 2 heterocycles. The number of carbonyl (C=O) groups is 1. The number of hydrogen-bond donors (Lipinski definition) is 1. The summed E-state index contributed by atoms with van der Waals surface area (Å²) in [4.78, 5) is 17.8. The molecule has 1 aliphatic rings. The molecule has 8 nitrogen and oxygen atoms in total. The molecule has 1 amide bonds. The summed E-state index contributed by atoms with van der Waals surface area (Å²) in [6.45, 7) is 10.9. The van der Waals surface area contributed by atoms with Crippen molar-refractivity contribution >= 4 is 5.91 Å². The average molecular weight is 455 g/mol. The molecule has 33 heavy (non-hydrogen) atoms. The van der Waals surface area contributed by atoms with Crippen molar-refractivity contribution in [2.24, 2.45) is 12.0 Å². The van der Waals surface area contributed by atoms with E-state index in [-0.39, 0.29) is 29.4 Å². The van der Waals surface area contributed by atoms with Crippen LogP contribution in [0, 0.1) is 11.3 Å². The predicted octanol–water partition coefficient (Wildman–Crippen LogP) is 3.07. The molecule has 0 spiro atoms. The van der Waals surface area contributed by atoms with Gasteiger partial charge in [-0.3, -0.25) is 14.2 Å². The smallest absolute Gasteiger partial charge is 0.282 e. The van der Waals surface area contributed by atoms with Crippen LogP contribution in [-0.2, 0) is 23.7 Å². The van der Waals surface area contributed by atoms with Crippen LogP contribution in [0.15, 0.2) is 29.3 Å². The highest BCUT2D eigenvalue weighted by Gasteiger charge is 2.24. The van der Waals surface area contributed by atoms with Gasteiger partial charge in [0.1, 0.15) is 12.4 Å². The summed E-state index contributed by atoms with van der Waals surface area (Å²) >= 11 is 0. The van der Waals surface area contributed by atoms with Gasteiger partial charge in [-0.2, -0.15) is 10.3 Å². The van der Waals surface area contributed by atoms with E-state index >= 15 is 0 Å². The summed E-state index contributed by atoms with van der Waals surface area (Å²) in [6.07, 6.45) is 2.07. The Balaban J connectivity index is 2.07. The quantitative estimate of drug-likeness (QED) is 0.723. The molecule has 0 radical (unpaired) electrons. The lowest BCUT2D eigenvalue weighted by molar-refractivity contribution is 0.0281. The first-order chi connectivity index (χ1) is 15.4. The Labute approximate surface area is 195 Å². The van der Waals surface area contributed by atoms with Crippen molar-refractivity contribution in [2.75, 3.05) is 13.2 Å². The lowest BCUT2D eigenvalue weighted by atomic mass is 9.92. The van der Waals surface area contributed by atoms with Crippen LogP contribution in [0.25, 0.3) is 0 Å². The van der Waals surface area contributed by atoms with Gasteiger partial charge in [0.15, 0.2) is 5.49 Å². The molecule has 1 aromatic carbocycles. The zero-order valence-electron chi connectivity index (χ0n) is 20.4. The first-order valence-corrected chi connectivity index (χ1v) is 11.3. The summed E-state index contributed by atoms with van der Waals surface area (Å²) in [5, 5.41) is 19.3. The van der Waals surface area contributed by atoms with E-state index in [2.05, 4.69) is 31.8 Å². The normalized spacial score (nSPS) is 17.3. The number of nitrogens with zero attached hydrogens (tertiary/aromatic N) is 4. The van der Waals surface area contributed by atoms with E-state index in [4.69, 9.17) is 9.47 Å². The third-order valence-corrected chi connectivity index (χ3v) is 5.55. The largest absolute Gasteiger partial charge is 0.490 e. The Morgan fingerprint density at radius 3 is 2.61 bits per heavy atom. The number of hydrogen-bond acceptors (Lipinski definition) is 5. The minimum Gasteiger partial charge on any atom is -0.490 e. The van der Waals surface area contributed by atoms with Crippen LogP contribution < -0.4 is 10.2 Å². The fourth-order valence-corrected chi connectivity index (χ4v) is 3.87. The van der Waals surface area contributed by atoms with Crippen LogP contribution in [0.2, 0.25) is 0 Å². The third-order valence-electron chi connectivity index (χ3n) is 5.55. The summed E-state index contributed by atoms with van der Waals surface area (Å²) in [5.41, 5.74) is 0.862. The number of amides is 1. The lowest BCUT2D eigenvalue weighted by Gasteiger charge is -2.21. The Morgan fingerprint density at radius 2 is 2.03 bits per heavy atom. The van der Waals surface area contributed by atoms with Crippen molar-refractivity contribution < 1.29 is 19.4 Å². The second kappa shape index (κ2) is 9.54. The van der Waals surface area contributed by atoms with Gasteiger partial charge in [-0.15, -0.1) is 0 Å². The number of nitriles is 1. The van der Waals surface area contributed by atoms with E-state index in [1.165, 1.54) is 6.07 Å². The predicted molar refractivity (Wildman–Crippen MR) is 124 cm³/mol. The third kappa shape index (κ3) is 6.12. The minimum atomic E-state index is -1.07. The molecule has 1 aromatic heterocycles. The zero-order chi connectivity index (χ0) is 24.4. The first kappa shape index (κ1) is 24.7. The monoisotopic (exact) mass is 454 g/mol. The summed E-state index contributed by atoms with van der Waals surface area (Å²) in [7, 11) is 1.97. The number of ether oxygens (including phenoxy) is 2. The number of carbonyl (C=O) groups excluding carboxylic acids is 1. The fourth-order valence-electron chi connectivity index (χ4n) is 3.87. The first-order valence-electron chi connectivity index (χ1n) is 11.3. The van der Waals surface area contributed by atoms with Crippen LogP contribution in [0.4, 0.5) is 0 Å².